The molecule has 2 atom stereocenters. The smallest absolute Gasteiger partial charge is 0.325 e. The first kappa shape index (κ1) is 22.8. The van der Waals surface area contributed by atoms with Gasteiger partial charge in [0.25, 0.3) is 5.91 Å². The molecule has 1 saturated heterocycles. The third-order valence-electron chi connectivity index (χ3n) is 4.54. The van der Waals surface area contributed by atoms with Crippen LogP contribution in [0.2, 0.25) is 0 Å². The lowest BCUT2D eigenvalue weighted by Gasteiger charge is -2.17. The summed E-state index contributed by atoms with van der Waals surface area (Å²) in [7, 11) is 3.02. The lowest BCUT2D eigenvalue weighted by molar-refractivity contribution is -0.131. The number of carbonyl (C=O) groups is 3. The standard InChI is InChI=1S/C19H27N3O6S/c1-27-15-5-4-12(8-16(15)28-2)10-22-18(25)14(21-19(22)26)9-17(24)20-13(11-23)6-7-29-3/h4-5,8,13-14,23H,6-7,9-11H2,1-3H3,(H,20,24)(H,21,26)/t13-,14+/m1/s1. The van der Waals surface area contributed by atoms with Crippen LogP contribution in [0.15, 0.2) is 18.2 Å². The van der Waals surface area contributed by atoms with Gasteiger partial charge < -0.3 is 25.2 Å². The Bertz CT molecular complexity index is 745. The Labute approximate surface area is 174 Å². The summed E-state index contributed by atoms with van der Waals surface area (Å²) in [5.41, 5.74) is 0.689. The van der Waals surface area contributed by atoms with Gasteiger partial charge in [0.1, 0.15) is 6.04 Å². The molecule has 3 N–H and O–H groups in total. The molecular formula is C19H27N3O6S. The summed E-state index contributed by atoms with van der Waals surface area (Å²) in [6, 6.07) is 3.27. The van der Waals surface area contributed by atoms with E-state index in [2.05, 4.69) is 10.6 Å². The van der Waals surface area contributed by atoms with Crippen molar-refractivity contribution in [1.82, 2.24) is 15.5 Å². The SMILES string of the molecule is COc1ccc(CN2C(=O)N[C@@H](CC(=O)N[C@@H](CO)CCSC)C2=O)cc1OC. The molecule has 0 saturated carbocycles. The third-order valence-corrected chi connectivity index (χ3v) is 5.19. The second kappa shape index (κ2) is 10.9. The minimum atomic E-state index is -0.928. The first-order valence-electron chi connectivity index (χ1n) is 9.15. The summed E-state index contributed by atoms with van der Waals surface area (Å²) in [5.74, 6) is 0.974. The molecule has 10 heteroatoms. The highest BCUT2D eigenvalue weighted by Crippen LogP contribution is 2.28. The van der Waals surface area contributed by atoms with Crippen LogP contribution in [-0.4, -0.2) is 72.8 Å². The van der Waals surface area contributed by atoms with E-state index in [4.69, 9.17) is 9.47 Å². The lowest BCUT2D eigenvalue weighted by atomic mass is 10.1. The van der Waals surface area contributed by atoms with Crippen LogP contribution in [0.4, 0.5) is 4.79 Å². The average molecular weight is 426 g/mol. The number of aliphatic hydroxyl groups is 1. The van der Waals surface area contributed by atoms with Crippen molar-refractivity contribution >= 4 is 29.6 Å². The number of hydrogen-bond donors (Lipinski definition) is 3. The van der Waals surface area contributed by atoms with Gasteiger partial charge in [-0.1, -0.05) is 6.07 Å². The highest BCUT2D eigenvalue weighted by Gasteiger charge is 2.39. The molecule has 9 nitrogen and oxygen atoms in total. The highest BCUT2D eigenvalue weighted by molar-refractivity contribution is 7.98. The van der Waals surface area contributed by atoms with Gasteiger partial charge in [0.2, 0.25) is 5.91 Å². The summed E-state index contributed by atoms with van der Waals surface area (Å²) >= 11 is 1.62. The molecule has 29 heavy (non-hydrogen) atoms. The number of nitrogens with one attached hydrogen (secondary N) is 2. The summed E-state index contributed by atoms with van der Waals surface area (Å²) in [5, 5.41) is 14.6. The van der Waals surface area contributed by atoms with E-state index < -0.39 is 23.9 Å². The normalized spacial score (nSPS) is 17.1. The van der Waals surface area contributed by atoms with Gasteiger partial charge in [-0.2, -0.15) is 11.8 Å². The van der Waals surface area contributed by atoms with Crippen LogP contribution in [0, 0.1) is 0 Å². The number of methoxy groups -OCH3 is 2. The number of urea groups is 1. The number of thioether (sulfide) groups is 1. The molecule has 1 aliphatic rings. The van der Waals surface area contributed by atoms with Gasteiger partial charge in [-0.05, 0) is 36.1 Å². The van der Waals surface area contributed by atoms with Gasteiger partial charge in [0.05, 0.1) is 39.8 Å². The van der Waals surface area contributed by atoms with Gasteiger partial charge in [-0.25, -0.2) is 4.79 Å². The molecule has 2 rings (SSSR count). The van der Waals surface area contributed by atoms with Crippen molar-refractivity contribution in [2.75, 3.05) is 32.8 Å². The second-order valence-corrected chi connectivity index (χ2v) is 7.53. The Balaban J connectivity index is 1.98. The fourth-order valence-corrected chi connectivity index (χ4v) is 3.49. The number of imide groups is 1. The fourth-order valence-electron chi connectivity index (χ4n) is 2.97. The molecular weight excluding hydrogens is 398 g/mol. The molecule has 0 spiro atoms. The molecule has 1 fully saturated rings. The average Bonchev–Trinajstić information content (AvgIpc) is 2.98. The Morgan fingerprint density at radius 3 is 2.66 bits per heavy atom. The minimum Gasteiger partial charge on any atom is -0.493 e. The predicted octanol–water partition coefficient (Wildman–Crippen LogP) is 0.745. The molecule has 1 heterocycles. The number of hydrogen-bond acceptors (Lipinski definition) is 7. The number of rotatable bonds is 11. The van der Waals surface area contributed by atoms with E-state index in [-0.39, 0.29) is 25.6 Å². The van der Waals surface area contributed by atoms with Crippen LogP contribution in [-0.2, 0) is 16.1 Å². The number of ether oxygens (including phenoxy) is 2. The van der Waals surface area contributed by atoms with Gasteiger partial charge in [-0.15, -0.1) is 0 Å². The maximum atomic E-state index is 12.6. The highest BCUT2D eigenvalue weighted by atomic mass is 32.2. The zero-order valence-electron chi connectivity index (χ0n) is 16.8. The third kappa shape index (κ3) is 6.01. The molecule has 0 radical (unpaired) electrons. The molecule has 1 aromatic rings. The maximum absolute atomic E-state index is 12.6. The summed E-state index contributed by atoms with van der Waals surface area (Å²) < 4.78 is 10.4. The van der Waals surface area contributed by atoms with E-state index >= 15 is 0 Å². The second-order valence-electron chi connectivity index (χ2n) is 6.55. The zero-order chi connectivity index (χ0) is 21.4. The monoisotopic (exact) mass is 425 g/mol. The van der Waals surface area contributed by atoms with Crippen molar-refractivity contribution in [3.63, 3.8) is 0 Å². The quantitative estimate of drug-likeness (QED) is 0.448. The van der Waals surface area contributed by atoms with E-state index in [1.54, 1.807) is 30.0 Å². The molecule has 0 aromatic heterocycles. The number of amides is 4. The van der Waals surface area contributed by atoms with Crippen molar-refractivity contribution in [3.8, 4) is 11.5 Å². The Hall–Kier alpha value is -2.46. The summed E-state index contributed by atoms with van der Waals surface area (Å²) in [4.78, 5) is 38.1. The molecule has 4 amide bonds. The lowest BCUT2D eigenvalue weighted by Crippen LogP contribution is -2.42. The largest absolute Gasteiger partial charge is 0.493 e. The maximum Gasteiger partial charge on any atom is 0.325 e. The van der Waals surface area contributed by atoms with Crippen molar-refractivity contribution < 1.29 is 29.0 Å². The fraction of sp³-hybridized carbons (Fsp3) is 0.526. The number of carbonyl (C=O) groups excluding carboxylic acids is 3. The molecule has 0 bridgehead atoms. The Kier molecular flexibility index (Phi) is 8.59. The van der Waals surface area contributed by atoms with Crippen molar-refractivity contribution in [3.05, 3.63) is 23.8 Å². The van der Waals surface area contributed by atoms with E-state index in [1.165, 1.54) is 14.2 Å². The molecule has 160 valence electrons. The molecule has 1 aromatic carbocycles. The van der Waals surface area contributed by atoms with Crippen LogP contribution in [0.1, 0.15) is 18.4 Å². The van der Waals surface area contributed by atoms with E-state index in [0.717, 1.165) is 10.7 Å². The van der Waals surface area contributed by atoms with Gasteiger partial charge in [0, 0.05) is 0 Å². The van der Waals surface area contributed by atoms with Crippen LogP contribution in [0.5, 0.6) is 11.5 Å². The van der Waals surface area contributed by atoms with Gasteiger partial charge >= 0.3 is 6.03 Å². The first-order valence-corrected chi connectivity index (χ1v) is 10.5. The van der Waals surface area contributed by atoms with E-state index in [9.17, 15) is 19.5 Å². The topological polar surface area (TPSA) is 117 Å². The molecule has 1 aliphatic heterocycles. The Morgan fingerprint density at radius 1 is 1.31 bits per heavy atom. The van der Waals surface area contributed by atoms with Crippen molar-refractivity contribution in [2.45, 2.75) is 31.5 Å². The zero-order valence-corrected chi connectivity index (χ0v) is 17.6. The summed E-state index contributed by atoms with van der Waals surface area (Å²) in [6.07, 6.45) is 2.39. The first-order chi connectivity index (χ1) is 13.9. The van der Waals surface area contributed by atoms with Crippen LogP contribution in [0.25, 0.3) is 0 Å². The van der Waals surface area contributed by atoms with Gasteiger partial charge in [0.15, 0.2) is 11.5 Å². The van der Waals surface area contributed by atoms with Gasteiger partial charge in [-0.3, -0.25) is 14.5 Å². The van der Waals surface area contributed by atoms with Crippen molar-refractivity contribution in [1.29, 1.82) is 0 Å². The van der Waals surface area contributed by atoms with E-state index in [0.29, 0.717) is 23.5 Å². The minimum absolute atomic E-state index is 0.0517. The number of nitrogens with zero attached hydrogens (tertiary/aromatic N) is 1. The van der Waals surface area contributed by atoms with E-state index in [1.807, 2.05) is 6.26 Å². The predicted molar refractivity (Wildman–Crippen MR) is 109 cm³/mol. The molecule has 0 unspecified atom stereocenters. The Morgan fingerprint density at radius 2 is 2.03 bits per heavy atom. The van der Waals surface area contributed by atoms with Crippen LogP contribution in [0.3, 0.4) is 0 Å². The number of benzene rings is 1. The van der Waals surface area contributed by atoms with Crippen LogP contribution >= 0.6 is 11.8 Å². The number of aliphatic hydroxyl groups excluding tert-OH is 1. The molecule has 0 aliphatic carbocycles. The van der Waals surface area contributed by atoms with Crippen LogP contribution < -0.4 is 20.1 Å². The summed E-state index contributed by atoms with van der Waals surface area (Å²) in [6.45, 7) is -0.126. The van der Waals surface area contributed by atoms with Crippen molar-refractivity contribution in [2.24, 2.45) is 0 Å².